The Morgan fingerprint density at radius 2 is 2.00 bits per heavy atom. The molecule has 0 fully saturated rings. The summed E-state index contributed by atoms with van der Waals surface area (Å²) in [5.74, 6) is -0.474. The Morgan fingerprint density at radius 3 is 2.70 bits per heavy atom. The van der Waals surface area contributed by atoms with E-state index in [-0.39, 0.29) is 12.3 Å². The average Bonchev–Trinajstić information content (AvgIpc) is 2.40. The molecule has 0 aliphatic rings. The maximum atomic E-state index is 12.1. The van der Waals surface area contributed by atoms with Crippen LogP contribution in [0.3, 0.4) is 0 Å². The van der Waals surface area contributed by atoms with Gasteiger partial charge in [-0.1, -0.05) is 28.1 Å². The van der Waals surface area contributed by atoms with E-state index in [2.05, 4.69) is 15.9 Å². The number of esters is 1. The first-order chi connectivity index (χ1) is 9.47. The second kappa shape index (κ2) is 5.96. The molecule has 0 aliphatic carbocycles. The van der Waals surface area contributed by atoms with Crippen LogP contribution in [-0.2, 0) is 11.3 Å². The van der Waals surface area contributed by atoms with Gasteiger partial charge in [0.1, 0.15) is 6.61 Å². The monoisotopic (exact) mass is 334 g/mol. The van der Waals surface area contributed by atoms with Crippen LogP contribution in [0.25, 0.3) is 0 Å². The molecule has 0 aromatic heterocycles. The van der Waals surface area contributed by atoms with E-state index < -0.39 is 5.97 Å². The van der Waals surface area contributed by atoms with E-state index in [1.165, 1.54) is 0 Å². The van der Waals surface area contributed by atoms with Crippen molar-refractivity contribution < 1.29 is 9.53 Å². The van der Waals surface area contributed by atoms with Gasteiger partial charge in [0.2, 0.25) is 0 Å². The zero-order valence-electron chi connectivity index (χ0n) is 11.0. The highest BCUT2D eigenvalue weighted by Gasteiger charge is 2.14. The Labute approximate surface area is 125 Å². The van der Waals surface area contributed by atoms with E-state index >= 15 is 0 Å². The first-order valence-electron chi connectivity index (χ1n) is 6.04. The third-order valence-corrected chi connectivity index (χ3v) is 3.33. The minimum Gasteiger partial charge on any atom is -0.457 e. The summed E-state index contributed by atoms with van der Waals surface area (Å²) in [6.45, 7) is 2.03. The molecule has 0 spiro atoms. The molecule has 0 bridgehead atoms. The largest absolute Gasteiger partial charge is 0.457 e. The summed E-state index contributed by atoms with van der Waals surface area (Å²) in [7, 11) is 0. The lowest BCUT2D eigenvalue weighted by molar-refractivity contribution is 0.0474. The predicted octanol–water partition coefficient (Wildman–Crippen LogP) is 3.28. The van der Waals surface area contributed by atoms with Crippen LogP contribution < -0.4 is 11.5 Å². The number of rotatable bonds is 3. The fourth-order valence-corrected chi connectivity index (χ4v) is 2.29. The highest BCUT2D eigenvalue weighted by molar-refractivity contribution is 9.10. The van der Waals surface area contributed by atoms with Crippen LogP contribution in [0, 0.1) is 6.92 Å². The molecule has 2 aromatic rings. The first kappa shape index (κ1) is 14.4. The summed E-state index contributed by atoms with van der Waals surface area (Å²) in [5.41, 5.74) is 14.3. The minimum atomic E-state index is -0.474. The number of nitrogen functional groups attached to an aromatic ring is 2. The van der Waals surface area contributed by atoms with Crippen molar-refractivity contribution in [2.75, 3.05) is 11.5 Å². The molecule has 104 valence electrons. The van der Waals surface area contributed by atoms with E-state index in [4.69, 9.17) is 16.2 Å². The molecule has 5 heteroatoms. The summed E-state index contributed by atoms with van der Waals surface area (Å²) in [4.78, 5) is 12.1. The first-order valence-corrected chi connectivity index (χ1v) is 6.84. The van der Waals surface area contributed by atoms with Gasteiger partial charge in [0.15, 0.2) is 0 Å². The number of halogens is 1. The fourth-order valence-electron chi connectivity index (χ4n) is 1.85. The summed E-state index contributed by atoms with van der Waals surface area (Å²) in [6, 6.07) is 11.0. The standard InChI is InChI=1S/C15H15BrN2O2/c1-9-5-12(14(18)13(17)6-9)15(19)20-8-10-3-2-4-11(16)7-10/h2-7H,8,17-18H2,1H3. The number of hydrogen-bond donors (Lipinski definition) is 2. The van der Waals surface area contributed by atoms with Crippen molar-refractivity contribution in [3.63, 3.8) is 0 Å². The third-order valence-electron chi connectivity index (χ3n) is 2.84. The van der Waals surface area contributed by atoms with E-state index in [9.17, 15) is 4.79 Å². The molecule has 0 saturated heterocycles. The molecule has 0 radical (unpaired) electrons. The summed E-state index contributed by atoms with van der Waals surface area (Å²) in [5, 5.41) is 0. The molecule has 0 aliphatic heterocycles. The molecule has 0 amide bonds. The van der Waals surface area contributed by atoms with Crippen LogP contribution in [0.4, 0.5) is 11.4 Å². The van der Waals surface area contributed by atoms with Gasteiger partial charge in [-0.2, -0.15) is 0 Å². The quantitative estimate of drug-likeness (QED) is 0.666. The SMILES string of the molecule is Cc1cc(N)c(N)c(C(=O)OCc2cccc(Br)c2)c1. The van der Waals surface area contributed by atoms with Gasteiger partial charge in [-0.25, -0.2) is 4.79 Å². The normalized spacial score (nSPS) is 10.3. The summed E-state index contributed by atoms with van der Waals surface area (Å²) < 4.78 is 6.20. The Kier molecular flexibility index (Phi) is 4.29. The number of hydrogen-bond acceptors (Lipinski definition) is 4. The number of ether oxygens (including phenoxy) is 1. The molecular weight excluding hydrogens is 320 g/mol. The number of carbonyl (C=O) groups excluding carboxylic acids is 1. The van der Waals surface area contributed by atoms with Gasteiger partial charge >= 0.3 is 5.97 Å². The van der Waals surface area contributed by atoms with E-state index in [0.717, 1.165) is 15.6 Å². The molecule has 0 heterocycles. The zero-order chi connectivity index (χ0) is 14.7. The average molecular weight is 335 g/mol. The Morgan fingerprint density at radius 1 is 1.25 bits per heavy atom. The molecule has 2 rings (SSSR count). The van der Waals surface area contributed by atoms with Gasteiger partial charge in [-0.3, -0.25) is 0 Å². The number of aryl methyl sites for hydroxylation is 1. The molecular formula is C15H15BrN2O2. The second-order valence-electron chi connectivity index (χ2n) is 4.52. The highest BCUT2D eigenvalue weighted by atomic mass is 79.9. The summed E-state index contributed by atoms with van der Waals surface area (Å²) >= 11 is 3.37. The maximum absolute atomic E-state index is 12.1. The number of carbonyl (C=O) groups is 1. The Balaban J connectivity index is 2.13. The van der Waals surface area contributed by atoms with Crippen LogP contribution in [0.2, 0.25) is 0 Å². The van der Waals surface area contributed by atoms with Crippen molar-refractivity contribution in [3.05, 3.63) is 57.6 Å². The molecule has 4 N–H and O–H groups in total. The fraction of sp³-hybridized carbons (Fsp3) is 0.133. The second-order valence-corrected chi connectivity index (χ2v) is 5.44. The lowest BCUT2D eigenvalue weighted by Gasteiger charge is -2.10. The van der Waals surface area contributed by atoms with Crippen molar-refractivity contribution >= 4 is 33.3 Å². The van der Waals surface area contributed by atoms with Gasteiger partial charge in [0, 0.05) is 4.47 Å². The van der Waals surface area contributed by atoms with Gasteiger partial charge in [-0.05, 0) is 42.3 Å². The lowest BCUT2D eigenvalue weighted by atomic mass is 10.1. The number of benzene rings is 2. The molecule has 2 aromatic carbocycles. The molecule has 0 atom stereocenters. The van der Waals surface area contributed by atoms with Crippen LogP contribution >= 0.6 is 15.9 Å². The predicted molar refractivity (Wildman–Crippen MR) is 83.3 cm³/mol. The van der Waals surface area contributed by atoms with Gasteiger partial charge in [-0.15, -0.1) is 0 Å². The van der Waals surface area contributed by atoms with Crippen LogP contribution in [-0.4, -0.2) is 5.97 Å². The molecule has 20 heavy (non-hydrogen) atoms. The van der Waals surface area contributed by atoms with Crippen molar-refractivity contribution in [1.29, 1.82) is 0 Å². The third kappa shape index (κ3) is 3.30. The van der Waals surface area contributed by atoms with Crippen LogP contribution in [0.5, 0.6) is 0 Å². The highest BCUT2D eigenvalue weighted by Crippen LogP contribution is 2.23. The van der Waals surface area contributed by atoms with Crippen molar-refractivity contribution in [2.24, 2.45) is 0 Å². The molecule has 4 nitrogen and oxygen atoms in total. The smallest absolute Gasteiger partial charge is 0.340 e. The van der Waals surface area contributed by atoms with Crippen molar-refractivity contribution in [2.45, 2.75) is 13.5 Å². The Hall–Kier alpha value is -2.01. The van der Waals surface area contributed by atoms with E-state index in [1.807, 2.05) is 31.2 Å². The molecule has 0 unspecified atom stereocenters. The summed E-state index contributed by atoms with van der Waals surface area (Å²) in [6.07, 6.45) is 0. The van der Waals surface area contributed by atoms with E-state index in [1.54, 1.807) is 12.1 Å². The van der Waals surface area contributed by atoms with Gasteiger partial charge in [0.05, 0.1) is 16.9 Å². The van der Waals surface area contributed by atoms with Crippen LogP contribution in [0.15, 0.2) is 40.9 Å². The van der Waals surface area contributed by atoms with E-state index in [0.29, 0.717) is 11.3 Å². The maximum Gasteiger partial charge on any atom is 0.340 e. The molecule has 0 saturated carbocycles. The topological polar surface area (TPSA) is 78.3 Å². The minimum absolute atomic E-state index is 0.186. The zero-order valence-corrected chi connectivity index (χ0v) is 12.6. The lowest BCUT2D eigenvalue weighted by Crippen LogP contribution is -2.10. The number of anilines is 2. The van der Waals surface area contributed by atoms with Gasteiger partial charge in [0.25, 0.3) is 0 Å². The van der Waals surface area contributed by atoms with Crippen molar-refractivity contribution in [3.8, 4) is 0 Å². The van der Waals surface area contributed by atoms with Gasteiger partial charge < -0.3 is 16.2 Å². The Bertz CT molecular complexity index is 656. The number of nitrogens with two attached hydrogens (primary N) is 2. The van der Waals surface area contributed by atoms with Crippen LogP contribution in [0.1, 0.15) is 21.5 Å². The van der Waals surface area contributed by atoms with Crippen molar-refractivity contribution in [1.82, 2.24) is 0 Å².